The Morgan fingerprint density at radius 1 is 0.913 bits per heavy atom. The number of aliphatic hydroxyl groups excluding tert-OH is 1. The van der Waals surface area contributed by atoms with Gasteiger partial charge in [-0.1, -0.05) is 24.3 Å². The second-order valence-corrected chi connectivity index (χ2v) is 5.51. The van der Waals surface area contributed by atoms with E-state index in [2.05, 4.69) is 0 Å². The zero-order valence-electron chi connectivity index (χ0n) is 12.2. The van der Waals surface area contributed by atoms with Crippen molar-refractivity contribution in [2.45, 2.75) is 19.1 Å². The fraction of sp³-hybridized carbons (Fsp3) is 0.176. The van der Waals surface area contributed by atoms with Gasteiger partial charge in [0.1, 0.15) is 0 Å². The van der Waals surface area contributed by atoms with E-state index in [9.17, 15) is 9.59 Å². The van der Waals surface area contributed by atoms with Crippen LogP contribution in [-0.4, -0.2) is 28.1 Å². The first-order valence-electron chi connectivity index (χ1n) is 7.17. The standard InChI is InChI=1S/C17H16N2O4/c18-14-8(5-6-12(20)21)7-11-13(15(14)19)17(23)10-4-2-1-3-9(10)16(11)22/h1-4,7,12,20-21H,5-6,18-19H2. The molecule has 0 unspecified atom stereocenters. The Bertz CT molecular complexity index is 828. The van der Waals surface area contributed by atoms with E-state index in [1.165, 1.54) is 6.07 Å². The highest BCUT2D eigenvalue weighted by Gasteiger charge is 2.32. The van der Waals surface area contributed by atoms with Crippen molar-refractivity contribution in [1.29, 1.82) is 0 Å². The summed E-state index contributed by atoms with van der Waals surface area (Å²) in [5, 5.41) is 18.0. The van der Waals surface area contributed by atoms with Crippen molar-refractivity contribution in [1.82, 2.24) is 0 Å². The Labute approximate surface area is 132 Å². The minimum Gasteiger partial charge on any atom is -0.397 e. The zero-order chi connectivity index (χ0) is 16.7. The lowest BCUT2D eigenvalue weighted by atomic mass is 9.81. The van der Waals surface area contributed by atoms with Crippen molar-refractivity contribution in [3.8, 4) is 0 Å². The Morgan fingerprint density at radius 2 is 1.52 bits per heavy atom. The number of fused-ring (bicyclic) bond motifs is 2. The zero-order valence-corrected chi connectivity index (χ0v) is 12.2. The fourth-order valence-corrected chi connectivity index (χ4v) is 2.85. The van der Waals surface area contributed by atoms with Crippen LogP contribution in [0.5, 0.6) is 0 Å². The summed E-state index contributed by atoms with van der Waals surface area (Å²) in [6.45, 7) is 0. The van der Waals surface area contributed by atoms with Crippen molar-refractivity contribution in [2.24, 2.45) is 0 Å². The van der Waals surface area contributed by atoms with Gasteiger partial charge in [-0.15, -0.1) is 0 Å². The molecule has 0 amide bonds. The van der Waals surface area contributed by atoms with Gasteiger partial charge in [0, 0.05) is 23.1 Å². The van der Waals surface area contributed by atoms with Gasteiger partial charge in [-0.05, 0) is 18.1 Å². The number of nitrogen functional groups attached to an aromatic ring is 2. The molecule has 118 valence electrons. The largest absolute Gasteiger partial charge is 0.397 e. The van der Waals surface area contributed by atoms with E-state index < -0.39 is 6.29 Å². The van der Waals surface area contributed by atoms with E-state index in [0.717, 1.165) is 0 Å². The molecule has 2 aromatic rings. The Morgan fingerprint density at radius 3 is 2.13 bits per heavy atom. The molecule has 0 saturated carbocycles. The molecule has 23 heavy (non-hydrogen) atoms. The maximum absolute atomic E-state index is 12.7. The highest BCUT2D eigenvalue weighted by molar-refractivity contribution is 6.30. The molecule has 6 N–H and O–H groups in total. The molecule has 0 aliphatic heterocycles. The van der Waals surface area contributed by atoms with Crippen molar-refractivity contribution in [2.75, 3.05) is 11.5 Å². The summed E-state index contributed by atoms with van der Waals surface area (Å²) in [6.07, 6.45) is -1.18. The predicted molar refractivity (Wildman–Crippen MR) is 85.1 cm³/mol. The maximum Gasteiger partial charge on any atom is 0.196 e. The van der Waals surface area contributed by atoms with Gasteiger partial charge in [-0.3, -0.25) is 9.59 Å². The number of hydrogen-bond acceptors (Lipinski definition) is 6. The third-order valence-corrected chi connectivity index (χ3v) is 4.05. The molecule has 1 aliphatic rings. The summed E-state index contributed by atoms with van der Waals surface area (Å²) in [6, 6.07) is 8.09. The first-order valence-corrected chi connectivity index (χ1v) is 7.17. The summed E-state index contributed by atoms with van der Waals surface area (Å²) in [4.78, 5) is 25.3. The van der Waals surface area contributed by atoms with Crippen LogP contribution in [0.15, 0.2) is 30.3 Å². The fourth-order valence-electron chi connectivity index (χ4n) is 2.85. The van der Waals surface area contributed by atoms with Gasteiger partial charge in [0.2, 0.25) is 0 Å². The van der Waals surface area contributed by atoms with Crippen LogP contribution in [-0.2, 0) is 6.42 Å². The molecule has 6 nitrogen and oxygen atoms in total. The predicted octanol–water partition coefficient (Wildman–Crippen LogP) is 0.870. The number of hydrogen-bond donors (Lipinski definition) is 4. The van der Waals surface area contributed by atoms with Gasteiger partial charge in [-0.25, -0.2) is 0 Å². The summed E-state index contributed by atoms with van der Waals surface area (Å²) < 4.78 is 0. The van der Waals surface area contributed by atoms with Gasteiger partial charge >= 0.3 is 0 Å². The van der Waals surface area contributed by atoms with Gasteiger partial charge in [-0.2, -0.15) is 0 Å². The molecule has 0 atom stereocenters. The SMILES string of the molecule is Nc1c(CCC(O)O)cc2c(c1N)C(=O)c1ccccc1C2=O. The van der Waals surface area contributed by atoms with Crippen LogP contribution in [0.3, 0.4) is 0 Å². The molecule has 0 radical (unpaired) electrons. The van der Waals surface area contributed by atoms with Gasteiger partial charge in [0.15, 0.2) is 17.9 Å². The number of nitrogens with two attached hydrogens (primary N) is 2. The second-order valence-electron chi connectivity index (χ2n) is 5.51. The monoisotopic (exact) mass is 312 g/mol. The van der Waals surface area contributed by atoms with E-state index in [0.29, 0.717) is 16.7 Å². The van der Waals surface area contributed by atoms with Crippen LogP contribution in [0.25, 0.3) is 0 Å². The lowest BCUT2D eigenvalue weighted by molar-refractivity contribution is -0.0446. The number of benzene rings is 2. The van der Waals surface area contributed by atoms with Crippen molar-refractivity contribution in [3.63, 3.8) is 0 Å². The van der Waals surface area contributed by atoms with Crippen LogP contribution < -0.4 is 11.5 Å². The second kappa shape index (κ2) is 5.49. The van der Waals surface area contributed by atoms with Crippen molar-refractivity contribution < 1.29 is 19.8 Å². The first-order chi connectivity index (χ1) is 10.9. The average molecular weight is 312 g/mol. The minimum absolute atomic E-state index is 0.0567. The molecule has 0 saturated heterocycles. The molecular formula is C17H16N2O4. The highest BCUT2D eigenvalue weighted by atomic mass is 16.5. The third kappa shape index (κ3) is 2.38. The quantitative estimate of drug-likeness (QED) is 0.420. The van der Waals surface area contributed by atoms with Crippen LogP contribution in [0.1, 0.15) is 43.8 Å². The third-order valence-electron chi connectivity index (χ3n) is 4.05. The van der Waals surface area contributed by atoms with E-state index in [-0.39, 0.29) is 46.9 Å². The molecule has 2 aromatic carbocycles. The van der Waals surface area contributed by atoms with E-state index in [1.54, 1.807) is 24.3 Å². The highest BCUT2D eigenvalue weighted by Crippen LogP contribution is 2.36. The van der Waals surface area contributed by atoms with E-state index in [4.69, 9.17) is 21.7 Å². The Kier molecular flexibility index (Phi) is 3.63. The molecule has 0 bridgehead atoms. The summed E-state index contributed by atoms with van der Waals surface area (Å²) in [5.74, 6) is -0.610. The normalized spacial score (nSPS) is 13.2. The topological polar surface area (TPSA) is 127 Å². The number of carbonyl (C=O) groups excluding carboxylic acids is 2. The van der Waals surface area contributed by atoms with Gasteiger partial charge in [0.25, 0.3) is 0 Å². The minimum atomic E-state index is -1.48. The van der Waals surface area contributed by atoms with Crippen molar-refractivity contribution >= 4 is 22.9 Å². The number of aryl methyl sites for hydroxylation is 1. The Balaban J connectivity index is 2.17. The lowest BCUT2D eigenvalue weighted by Gasteiger charge is -2.22. The molecule has 1 aliphatic carbocycles. The Hall–Kier alpha value is -2.70. The van der Waals surface area contributed by atoms with E-state index in [1.807, 2.05) is 0 Å². The van der Waals surface area contributed by atoms with Crippen LogP contribution >= 0.6 is 0 Å². The molecule has 0 spiro atoms. The number of carbonyl (C=O) groups is 2. The molecule has 0 aromatic heterocycles. The summed E-state index contributed by atoms with van der Waals surface area (Å²) in [5.41, 5.74) is 13.7. The van der Waals surface area contributed by atoms with Crippen LogP contribution in [0.2, 0.25) is 0 Å². The molecule has 0 heterocycles. The van der Waals surface area contributed by atoms with Gasteiger partial charge in [0.05, 0.1) is 16.9 Å². The summed E-state index contributed by atoms with van der Waals surface area (Å²) in [7, 11) is 0. The number of aliphatic hydroxyl groups is 2. The molecule has 3 rings (SSSR count). The average Bonchev–Trinajstić information content (AvgIpc) is 2.53. The van der Waals surface area contributed by atoms with E-state index >= 15 is 0 Å². The number of ketones is 2. The lowest BCUT2D eigenvalue weighted by Crippen LogP contribution is -2.24. The smallest absolute Gasteiger partial charge is 0.196 e. The number of anilines is 2. The van der Waals surface area contributed by atoms with Crippen molar-refractivity contribution in [3.05, 3.63) is 58.1 Å². The summed E-state index contributed by atoms with van der Waals surface area (Å²) >= 11 is 0. The molecule has 6 heteroatoms. The first kappa shape index (κ1) is 15.2. The molecular weight excluding hydrogens is 296 g/mol. The molecule has 0 fully saturated rings. The van der Waals surface area contributed by atoms with Gasteiger partial charge < -0.3 is 21.7 Å². The van der Waals surface area contributed by atoms with Crippen LogP contribution in [0, 0.1) is 0 Å². The maximum atomic E-state index is 12.7. The number of rotatable bonds is 3. The van der Waals surface area contributed by atoms with Crippen LogP contribution in [0.4, 0.5) is 11.4 Å².